The molecule has 1 saturated heterocycles. The number of phenols is 1. The molecular weight excluding hydrogens is 366 g/mol. The molecule has 2 bridgehead atoms. The zero-order valence-corrected chi connectivity index (χ0v) is 16.5. The van der Waals surface area contributed by atoms with Gasteiger partial charge in [0.2, 0.25) is 0 Å². The van der Waals surface area contributed by atoms with Gasteiger partial charge >= 0.3 is 0 Å². The number of hydrogen-bond donors (Lipinski definition) is 2. The van der Waals surface area contributed by atoms with E-state index in [1.165, 1.54) is 0 Å². The molecule has 29 heavy (non-hydrogen) atoms. The second-order valence-electron chi connectivity index (χ2n) is 9.29. The number of Topliss-reactive ketones (excluding diaryl/α,β-unsaturated/α-hetero) is 1. The van der Waals surface area contributed by atoms with Crippen molar-refractivity contribution in [3.8, 4) is 11.5 Å². The molecule has 2 aromatic carbocycles. The Bertz CT molecular complexity index is 1020. The van der Waals surface area contributed by atoms with Crippen molar-refractivity contribution in [1.29, 1.82) is 0 Å². The van der Waals surface area contributed by atoms with Crippen molar-refractivity contribution < 1.29 is 19.7 Å². The van der Waals surface area contributed by atoms with Gasteiger partial charge in [-0.05, 0) is 56.5 Å². The maximum absolute atomic E-state index is 13.7. The largest absolute Gasteiger partial charge is 0.504 e. The van der Waals surface area contributed by atoms with E-state index in [9.17, 15) is 15.0 Å². The number of carbonyl (C=O) groups is 1. The highest BCUT2D eigenvalue weighted by Crippen LogP contribution is 2.65. The summed E-state index contributed by atoms with van der Waals surface area (Å²) >= 11 is 0. The van der Waals surface area contributed by atoms with Crippen LogP contribution in [0.15, 0.2) is 42.5 Å². The summed E-state index contributed by atoms with van der Waals surface area (Å²) in [4.78, 5) is 15.9. The van der Waals surface area contributed by atoms with Crippen molar-refractivity contribution in [3.05, 3.63) is 59.2 Å². The van der Waals surface area contributed by atoms with Crippen LogP contribution < -0.4 is 4.74 Å². The predicted octanol–water partition coefficient (Wildman–Crippen LogP) is 2.21. The molecule has 0 aromatic heterocycles. The lowest BCUT2D eigenvalue weighted by molar-refractivity contribution is -0.194. The standard InChI is InChI=1S/C24H25NO4/c1-25-10-9-23-19-15-7-8-17(26)21(19)29-22(23)20(27)16(11-14-5-3-2-4-6-14)13-24(23,28)18(25)12-15/h2-8,16,18,22,26,28H,9-13H2,1H3/t16-,18+,22?,23-,24+/m0/s1. The van der Waals surface area contributed by atoms with Gasteiger partial charge in [-0.2, -0.15) is 0 Å². The number of hydrogen-bond acceptors (Lipinski definition) is 5. The van der Waals surface area contributed by atoms with E-state index in [0.29, 0.717) is 31.4 Å². The second kappa shape index (κ2) is 5.61. The summed E-state index contributed by atoms with van der Waals surface area (Å²) in [6.07, 6.45) is 1.68. The molecule has 2 aromatic rings. The number of carbonyl (C=O) groups excluding carboxylic acids is 1. The zero-order chi connectivity index (χ0) is 20.0. The third kappa shape index (κ3) is 2.00. The van der Waals surface area contributed by atoms with E-state index in [1.54, 1.807) is 6.07 Å². The molecule has 2 fully saturated rings. The first-order chi connectivity index (χ1) is 14.0. The molecule has 1 spiro atoms. The van der Waals surface area contributed by atoms with Crippen LogP contribution in [0.2, 0.25) is 0 Å². The number of benzene rings is 2. The summed E-state index contributed by atoms with van der Waals surface area (Å²) in [5.41, 5.74) is 1.27. The number of aliphatic hydroxyl groups is 1. The van der Waals surface area contributed by atoms with Crippen LogP contribution in [0.3, 0.4) is 0 Å². The minimum absolute atomic E-state index is 0.0586. The van der Waals surface area contributed by atoms with E-state index >= 15 is 0 Å². The summed E-state index contributed by atoms with van der Waals surface area (Å²) in [6.45, 7) is 0.804. The van der Waals surface area contributed by atoms with Gasteiger partial charge in [-0.3, -0.25) is 4.79 Å². The molecule has 0 amide bonds. The van der Waals surface area contributed by atoms with Crippen molar-refractivity contribution >= 4 is 5.78 Å². The molecule has 5 atom stereocenters. The highest BCUT2D eigenvalue weighted by molar-refractivity contribution is 5.92. The fourth-order valence-corrected chi connectivity index (χ4v) is 6.74. The number of aromatic hydroxyl groups is 1. The van der Waals surface area contributed by atoms with Crippen LogP contribution in [0.4, 0.5) is 0 Å². The van der Waals surface area contributed by atoms with E-state index in [2.05, 4.69) is 11.9 Å². The molecular formula is C24H25NO4. The summed E-state index contributed by atoms with van der Waals surface area (Å²) in [6, 6.07) is 13.5. The predicted molar refractivity (Wildman–Crippen MR) is 107 cm³/mol. The minimum atomic E-state index is -1.05. The van der Waals surface area contributed by atoms with Crippen LogP contribution in [0.25, 0.3) is 0 Å². The number of piperidine rings is 1. The molecule has 2 aliphatic heterocycles. The summed E-state index contributed by atoms with van der Waals surface area (Å²) in [5, 5.41) is 22.8. The molecule has 4 aliphatic rings. The van der Waals surface area contributed by atoms with Gasteiger partial charge in [-0.1, -0.05) is 36.4 Å². The Kier molecular flexibility index (Phi) is 3.38. The highest BCUT2D eigenvalue weighted by atomic mass is 16.5. The van der Waals surface area contributed by atoms with Gasteiger partial charge in [0.25, 0.3) is 0 Å². The lowest BCUT2D eigenvalue weighted by Crippen LogP contribution is -2.77. The monoisotopic (exact) mass is 391 g/mol. The number of likely N-dealkylation sites (N-methyl/N-ethyl adjacent to an activating group) is 1. The fraction of sp³-hybridized carbons (Fsp3) is 0.458. The average molecular weight is 391 g/mol. The Hall–Kier alpha value is -2.37. The molecule has 150 valence electrons. The Morgan fingerprint density at radius 2 is 2.00 bits per heavy atom. The van der Waals surface area contributed by atoms with Gasteiger partial charge < -0.3 is 19.8 Å². The Morgan fingerprint density at radius 1 is 1.21 bits per heavy atom. The molecule has 2 aliphatic carbocycles. The lowest BCUT2D eigenvalue weighted by atomic mass is 9.47. The highest BCUT2D eigenvalue weighted by Gasteiger charge is 2.74. The molecule has 6 rings (SSSR count). The van der Waals surface area contributed by atoms with Crippen molar-refractivity contribution in [2.75, 3.05) is 13.6 Å². The van der Waals surface area contributed by atoms with E-state index < -0.39 is 17.1 Å². The molecule has 1 saturated carbocycles. The van der Waals surface area contributed by atoms with E-state index in [-0.39, 0.29) is 23.5 Å². The quantitative estimate of drug-likeness (QED) is 0.822. The number of likely N-dealkylation sites (tertiary alicyclic amines) is 1. The van der Waals surface area contributed by atoms with Gasteiger partial charge in [0.1, 0.15) is 0 Å². The Balaban J connectivity index is 1.53. The van der Waals surface area contributed by atoms with Gasteiger partial charge in [-0.15, -0.1) is 0 Å². The topological polar surface area (TPSA) is 70.0 Å². The first-order valence-electron chi connectivity index (χ1n) is 10.5. The van der Waals surface area contributed by atoms with E-state index in [1.807, 2.05) is 36.4 Å². The maximum atomic E-state index is 13.7. The van der Waals surface area contributed by atoms with Crippen molar-refractivity contribution in [2.45, 2.75) is 48.8 Å². The van der Waals surface area contributed by atoms with Crippen LogP contribution in [0.5, 0.6) is 11.5 Å². The summed E-state index contributed by atoms with van der Waals surface area (Å²) < 4.78 is 6.21. The van der Waals surface area contributed by atoms with Crippen molar-refractivity contribution in [3.63, 3.8) is 0 Å². The van der Waals surface area contributed by atoms with Gasteiger partial charge in [-0.25, -0.2) is 0 Å². The van der Waals surface area contributed by atoms with Gasteiger partial charge in [0, 0.05) is 17.5 Å². The molecule has 1 unspecified atom stereocenters. The first kappa shape index (κ1) is 17.5. The normalized spacial score (nSPS) is 37.2. The third-order valence-electron chi connectivity index (χ3n) is 8.02. The van der Waals surface area contributed by atoms with Crippen LogP contribution in [-0.4, -0.2) is 52.2 Å². The van der Waals surface area contributed by atoms with Crippen LogP contribution in [-0.2, 0) is 23.1 Å². The second-order valence-corrected chi connectivity index (χ2v) is 9.29. The fourth-order valence-electron chi connectivity index (χ4n) is 6.74. The van der Waals surface area contributed by atoms with E-state index in [0.717, 1.165) is 23.2 Å². The average Bonchev–Trinajstić information content (AvgIpc) is 3.07. The SMILES string of the molecule is CN1CC[C@]23c4c5ccc(O)c4OC2C(=O)[C@@H](Cc2ccccc2)C[C@@]3(O)[C@H]1C5. The van der Waals surface area contributed by atoms with Crippen molar-refractivity contribution in [1.82, 2.24) is 4.90 Å². The molecule has 2 heterocycles. The smallest absolute Gasteiger partial charge is 0.177 e. The van der Waals surface area contributed by atoms with Gasteiger partial charge in [0.15, 0.2) is 23.4 Å². The van der Waals surface area contributed by atoms with Gasteiger partial charge in [0.05, 0.1) is 11.0 Å². The van der Waals surface area contributed by atoms with Crippen LogP contribution in [0.1, 0.15) is 29.5 Å². The molecule has 2 N–H and O–H groups in total. The number of ether oxygens (including phenoxy) is 1. The van der Waals surface area contributed by atoms with Crippen molar-refractivity contribution in [2.24, 2.45) is 5.92 Å². The van der Waals surface area contributed by atoms with E-state index in [4.69, 9.17) is 4.74 Å². The maximum Gasteiger partial charge on any atom is 0.177 e. The van der Waals surface area contributed by atoms with Crippen LogP contribution in [0, 0.1) is 5.92 Å². The minimum Gasteiger partial charge on any atom is -0.504 e. The molecule has 5 nitrogen and oxygen atoms in total. The molecule has 0 radical (unpaired) electrons. The summed E-state index contributed by atoms with van der Waals surface area (Å²) in [7, 11) is 2.06. The number of ketones is 1. The first-order valence-corrected chi connectivity index (χ1v) is 10.5. The Labute approximate surface area is 169 Å². The Morgan fingerprint density at radius 3 is 2.79 bits per heavy atom. The number of nitrogens with zero attached hydrogens (tertiary/aromatic N) is 1. The third-order valence-corrected chi connectivity index (χ3v) is 8.02. The number of phenolic OH excluding ortho intramolecular Hbond substituents is 1. The lowest BCUT2D eigenvalue weighted by Gasteiger charge is -2.63. The zero-order valence-electron chi connectivity index (χ0n) is 16.5. The number of rotatable bonds is 2. The molecule has 5 heteroatoms. The van der Waals surface area contributed by atoms with Crippen LogP contribution >= 0.6 is 0 Å². The summed E-state index contributed by atoms with van der Waals surface area (Å²) in [5.74, 6) is 0.250.